The second-order valence-corrected chi connectivity index (χ2v) is 9.37. The molecule has 31 heavy (non-hydrogen) atoms. The van der Waals surface area contributed by atoms with E-state index in [9.17, 15) is 18.6 Å². The predicted molar refractivity (Wildman–Crippen MR) is 118 cm³/mol. The topological polar surface area (TPSA) is 92.8 Å². The van der Waals surface area contributed by atoms with Crippen LogP contribution in [-0.4, -0.2) is 40.4 Å². The fourth-order valence-corrected chi connectivity index (χ4v) is 5.08. The molecular formula is C23H24N2O5S. The number of carbonyl (C=O) groups excluding carboxylic acids is 3. The number of hydrogen-bond acceptors (Lipinski definition) is 5. The number of anilines is 2. The highest BCUT2D eigenvalue weighted by Gasteiger charge is 2.52. The number of para-hydroxylation sites is 2. The number of hydrogen-bond donors (Lipinski definition) is 1. The number of carbonyl (C=O) groups is 3. The van der Waals surface area contributed by atoms with Gasteiger partial charge in [0.15, 0.2) is 6.61 Å². The highest BCUT2D eigenvalue weighted by molar-refractivity contribution is 7.83. The van der Waals surface area contributed by atoms with Crippen LogP contribution in [0.4, 0.5) is 11.4 Å². The Morgan fingerprint density at radius 2 is 1.87 bits per heavy atom. The molecule has 1 aliphatic heterocycles. The molecule has 0 bridgehead atoms. The molecule has 162 valence electrons. The standard InChI is InChI=1S/C23H24N2O5S/c1-31(29)15-16-7-6-8-17(13-16)21(27)30-14-20(26)25-19-10-3-2-9-18(19)24-22(28)23(25)11-4-5-12-23/h2-3,6-10,13H,4-5,11-12,14-15H2,1H3,(H,24,28). The van der Waals surface area contributed by atoms with Gasteiger partial charge in [-0.05, 0) is 42.7 Å². The first-order chi connectivity index (χ1) is 14.9. The molecule has 8 heteroatoms. The first-order valence-electron chi connectivity index (χ1n) is 10.2. The van der Waals surface area contributed by atoms with Gasteiger partial charge in [0.2, 0.25) is 0 Å². The number of benzene rings is 2. The molecule has 1 heterocycles. The Balaban J connectivity index is 1.54. The van der Waals surface area contributed by atoms with E-state index >= 15 is 0 Å². The summed E-state index contributed by atoms with van der Waals surface area (Å²) in [6.07, 6.45) is 4.44. The van der Waals surface area contributed by atoms with Gasteiger partial charge in [-0.2, -0.15) is 0 Å². The number of nitrogens with zero attached hydrogens (tertiary/aromatic N) is 1. The highest BCUT2D eigenvalue weighted by Crippen LogP contribution is 2.45. The monoisotopic (exact) mass is 440 g/mol. The van der Waals surface area contributed by atoms with Crippen molar-refractivity contribution >= 4 is 40.0 Å². The van der Waals surface area contributed by atoms with Crippen LogP contribution in [0, 0.1) is 0 Å². The summed E-state index contributed by atoms with van der Waals surface area (Å²) in [7, 11) is -1.03. The minimum atomic E-state index is -1.03. The van der Waals surface area contributed by atoms with Crippen LogP contribution in [0.15, 0.2) is 48.5 Å². The van der Waals surface area contributed by atoms with E-state index in [4.69, 9.17) is 4.74 Å². The lowest BCUT2D eigenvalue weighted by molar-refractivity contribution is -0.129. The molecule has 2 amide bonds. The molecule has 1 N–H and O–H groups in total. The molecule has 4 rings (SSSR count). The quantitative estimate of drug-likeness (QED) is 0.722. The lowest BCUT2D eigenvalue weighted by Crippen LogP contribution is -2.61. The van der Waals surface area contributed by atoms with Gasteiger partial charge in [0.05, 0.1) is 16.9 Å². The first-order valence-corrected chi connectivity index (χ1v) is 11.9. The van der Waals surface area contributed by atoms with Gasteiger partial charge in [-0.25, -0.2) is 4.79 Å². The Kier molecular flexibility index (Phi) is 5.91. The fourth-order valence-electron chi connectivity index (χ4n) is 4.43. The molecule has 2 aromatic rings. The second kappa shape index (κ2) is 8.63. The van der Waals surface area contributed by atoms with E-state index < -0.39 is 34.8 Å². The van der Waals surface area contributed by atoms with Gasteiger partial charge in [0.1, 0.15) is 5.54 Å². The maximum atomic E-state index is 13.2. The Labute approximate surface area is 183 Å². The molecule has 0 radical (unpaired) electrons. The van der Waals surface area contributed by atoms with Gasteiger partial charge in [0, 0.05) is 22.8 Å². The van der Waals surface area contributed by atoms with Gasteiger partial charge >= 0.3 is 5.97 Å². The average Bonchev–Trinajstić information content (AvgIpc) is 3.23. The number of amides is 2. The number of nitrogens with one attached hydrogen (secondary N) is 1. The predicted octanol–water partition coefficient (Wildman–Crippen LogP) is 3.02. The van der Waals surface area contributed by atoms with E-state index in [1.54, 1.807) is 48.7 Å². The average molecular weight is 441 g/mol. The molecule has 1 spiro atoms. The molecule has 2 aliphatic rings. The minimum Gasteiger partial charge on any atom is -0.452 e. The normalized spacial score (nSPS) is 17.7. The SMILES string of the molecule is CS(=O)Cc1cccc(C(=O)OCC(=O)N2c3ccccc3NC(=O)C23CCCC3)c1. The van der Waals surface area contributed by atoms with E-state index in [2.05, 4.69) is 5.32 Å². The third-order valence-electron chi connectivity index (χ3n) is 5.78. The Morgan fingerprint density at radius 1 is 1.13 bits per heavy atom. The van der Waals surface area contributed by atoms with Crippen molar-refractivity contribution in [3.8, 4) is 0 Å². The largest absolute Gasteiger partial charge is 0.452 e. The van der Waals surface area contributed by atoms with Crippen molar-refractivity contribution in [3.63, 3.8) is 0 Å². The van der Waals surface area contributed by atoms with Crippen molar-refractivity contribution in [2.75, 3.05) is 23.1 Å². The number of ether oxygens (including phenoxy) is 1. The lowest BCUT2D eigenvalue weighted by atomic mass is 9.90. The Morgan fingerprint density at radius 3 is 2.61 bits per heavy atom. The van der Waals surface area contributed by atoms with Crippen LogP contribution in [0.5, 0.6) is 0 Å². The minimum absolute atomic E-state index is 0.191. The van der Waals surface area contributed by atoms with Gasteiger partial charge < -0.3 is 10.1 Å². The molecule has 1 atom stereocenters. The molecule has 1 unspecified atom stereocenters. The summed E-state index contributed by atoms with van der Waals surface area (Å²) in [5.74, 6) is -0.915. The van der Waals surface area contributed by atoms with Gasteiger partial charge in [-0.1, -0.05) is 37.1 Å². The molecule has 1 aliphatic carbocycles. The van der Waals surface area contributed by atoms with Gasteiger partial charge in [-0.3, -0.25) is 18.7 Å². The van der Waals surface area contributed by atoms with Crippen LogP contribution in [0.2, 0.25) is 0 Å². The van der Waals surface area contributed by atoms with Crippen LogP contribution in [-0.2, 0) is 30.9 Å². The molecule has 0 aromatic heterocycles. The van der Waals surface area contributed by atoms with Crippen molar-refractivity contribution in [1.29, 1.82) is 0 Å². The third-order valence-corrected chi connectivity index (χ3v) is 6.52. The third kappa shape index (κ3) is 4.12. The zero-order chi connectivity index (χ0) is 22.0. The molecule has 7 nitrogen and oxygen atoms in total. The van der Waals surface area contributed by atoms with E-state index in [0.29, 0.717) is 35.5 Å². The van der Waals surface area contributed by atoms with Gasteiger partial charge in [0.25, 0.3) is 11.8 Å². The van der Waals surface area contributed by atoms with Crippen molar-refractivity contribution in [2.45, 2.75) is 37.0 Å². The summed E-state index contributed by atoms with van der Waals surface area (Å²) in [6, 6.07) is 13.9. The van der Waals surface area contributed by atoms with Crippen molar-refractivity contribution in [1.82, 2.24) is 0 Å². The molecule has 2 aromatic carbocycles. The molecule has 0 saturated heterocycles. The summed E-state index contributed by atoms with van der Waals surface area (Å²) in [4.78, 5) is 40.3. The molecule has 1 saturated carbocycles. The summed E-state index contributed by atoms with van der Waals surface area (Å²) in [5, 5.41) is 2.92. The van der Waals surface area contributed by atoms with E-state index in [1.807, 2.05) is 6.07 Å². The fraction of sp³-hybridized carbons (Fsp3) is 0.348. The second-order valence-electron chi connectivity index (χ2n) is 7.93. The smallest absolute Gasteiger partial charge is 0.338 e. The van der Waals surface area contributed by atoms with Crippen molar-refractivity contribution in [2.24, 2.45) is 0 Å². The zero-order valence-electron chi connectivity index (χ0n) is 17.3. The van der Waals surface area contributed by atoms with Crippen molar-refractivity contribution < 1.29 is 23.3 Å². The highest BCUT2D eigenvalue weighted by atomic mass is 32.2. The maximum Gasteiger partial charge on any atom is 0.338 e. The Bertz CT molecular complexity index is 1060. The number of rotatable bonds is 5. The number of fused-ring (bicyclic) bond motifs is 1. The van der Waals surface area contributed by atoms with Crippen LogP contribution >= 0.6 is 0 Å². The molecule has 1 fully saturated rings. The van der Waals surface area contributed by atoms with Crippen LogP contribution in [0.25, 0.3) is 0 Å². The van der Waals surface area contributed by atoms with Crippen LogP contribution in [0.1, 0.15) is 41.6 Å². The van der Waals surface area contributed by atoms with E-state index in [0.717, 1.165) is 18.4 Å². The summed E-state index contributed by atoms with van der Waals surface area (Å²) in [6.45, 7) is -0.466. The summed E-state index contributed by atoms with van der Waals surface area (Å²) in [5.41, 5.74) is 1.31. The number of esters is 1. The summed E-state index contributed by atoms with van der Waals surface area (Å²) < 4.78 is 16.8. The Hall–Kier alpha value is -3.00. The first kappa shape index (κ1) is 21.2. The van der Waals surface area contributed by atoms with Crippen LogP contribution < -0.4 is 10.2 Å². The molecular weight excluding hydrogens is 416 g/mol. The lowest BCUT2D eigenvalue weighted by Gasteiger charge is -2.44. The summed E-state index contributed by atoms with van der Waals surface area (Å²) >= 11 is 0. The van der Waals surface area contributed by atoms with Crippen LogP contribution in [0.3, 0.4) is 0 Å². The van der Waals surface area contributed by atoms with Gasteiger partial charge in [-0.15, -0.1) is 0 Å². The maximum absolute atomic E-state index is 13.2. The van der Waals surface area contributed by atoms with Crippen molar-refractivity contribution in [3.05, 3.63) is 59.7 Å². The van der Waals surface area contributed by atoms with E-state index in [-0.39, 0.29) is 5.91 Å². The van der Waals surface area contributed by atoms with E-state index in [1.165, 1.54) is 4.90 Å². The zero-order valence-corrected chi connectivity index (χ0v) is 18.1.